The molecule has 17 heavy (non-hydrogen) atoms. The molecule has 0 bridgehead atoms. The first-order valence-electron chi connectivity index (χ1n) is 5.22. The molecule has 0 fully saturated rings. The molecule has 86 valence electrons. The predicted molar refractivity (Wildman–Crippen MR) is 65.4 cm³/mol. The lowest BCUT2D eigenvalue weighted by Gasteiger charge is -2.04. The maximum Gasteiger partial charge on any atom is 0.203 e. The lowest BCUT2D eigenvalue weighted by molar-refractivity contribution is 0.474. The number of hydrogen-bond donors (Lipinski definition) is 1. The van der Waals surface area contributed by atoms with E-state index < -0.39 is 0 Å². The van der Waals surface area contributed by atoms with Crippen molar-refractivity contribution >= 4 is 11.6 Å². The highest BCUT2D eigenvalue weighted by Gasteiger charge is 2.02. The Bertz CT molecular complexity index is 542. The second-order valence-corrected chi connectivity index (χ2v) is 3.98. The van der Waals surface area contributed by atoms with Crippen LogP contribution in [0.1, 0.15) is 17.1 Å². The molecule has 0 atom stereocenters. The molecule has 0 unspecified atom stereocenters. The van der Waals surface area contributed by atoms with Crippen molar-refractivity contribution < 1.29 is 4.42 Å². The molecule has 1 aromatic heterocycles. The average molecular weight is 247 g/mol. The van der Waals surface area contributed by atoms with Gasteiger partial charge in [-0.15, -0.1) is 0 Å². The normalized spacial score (nSPS) is 10.1. The van der Waals surface area contributed by atoms with Gasteiger partial charge in [0.1, 0.15) is 11.8 Å². The SMILES string of the molecule is N#Cc1ccc(CNCc2ccccc2Cl)o1. The first-order chi connectivity index (χ1) is 8.29. The smallest absolute Gasteiger partial charge is 0.203 e. The summed E-state index contributed by atoms with van der Waals surface area (Å²) in [6.07, 6.45) is 0. The second kappa shape index (κ2) is 5.53. The van der Waals surface area contributed by atoms with Gasteiger partial charge >= 0.3 is 0 Å². The van der Waals surface area contributed by atoms with Crippen molar-refractivity contribution in [1.82, 2.24) is 5.32 Å². The first kappa shape index (κ1) is 11.7. The number of nitrogens with one attached hydrogen (secondary N) is 1. The number of furan rings is 1. The average Bonchev–Trinajstić information content (AvgIpc) is 2.80. The van der Waals surface area contributed by atoms with E-state index in [0.29, 0.717) is 18.8 Å². The third-order valence-electron chi connectivity index (χ3n) is 2.34. The molecule has 1 N–H and O–H groups in total. The van der Waals surface area contributed by atoms with E-state index in [9.17, 15) is 0 Å². The van der Waals surface area contributed by atoms with Gasteiger partial charge in [-0.2, -0.15) is 5.26 Å². The number of nitrogens with zero attached hydrogens (tertiary/aromatic N) is 1. The predicted octanol–water partition coefficient (Wildman–Crippen LogP) is 3.09. The van der Waals surface area contributed by atoms with Gasteiger partial charge in [-0.25, -0.2) is 0 Å². The number of benzene rings is 1. The zero-order chi connectivity index (χ0) is 12.1. The van der Waals surface area contributed by atoms with E-state index in [2.05, 4.69) is 5.32 Å². The van der Waals surface area contributed by atoms with Gasteiger partial charge in [0.05, 0.1) is 6.54 Å². The van der Waals surface area contributed by atoms with Gasteiger partial charge in [-0.1, -0.05) is 29.8 Å². The van der Waals surface area contributed by atoms with Crippen LogP contribution in [-0.4, -0.2) is 0 Å². The van der Waals surface area contributed by atoms with Gasteiger partial charge in [0, 0.05) is 11.6 Å². The Morgan fingerprint density at radius 2 is 2.00 bits per heavy atom. The summed E-state index contributed by atoms with van der Waals surface area (Å²) in [7, 11) is 0. The standard InChI is InChI=1S/C13H11ClN2O/c14-13-4-2-1-3-10(13)8-16-9-12-6-5-11(7-15)17-12/h1-6,16H,8-9H2. The maximum atomic E-state index is 8.61. The minimum absolute atomic E-state index is 0.333. The van der Waals surface area contributed by atoms with Gasteiger partial charge in [0.15, 0.2) is 0 Å². The van der Waals surface area contributed by atoms with Crippen LogP contribution in [0.3, 0.4) is 0 Å². The summed E-state index contributed by atoms with van der Waals surface area (Å²) in [6.45, 7) is 1.25. The summed E-state index contributed by atoms with van der Waals surface area (Å²) >= 11 is 6.03. The molecule has 3 nitrogen and oxygen atoms in total. The molecule has 0 amide bonds. The molecule has 1 aromatic carbocycles. The fourth-order valence-corrected chi connectivity index (χ4v) is 1.70. The minimum Gasteiger partial charge on any atom is -0.449 e. The Labute approximate surface area is 105 Å². The van der Waals surface area contributed by atoms with Gasteiger partial charge in [-0.05, 0) is 23.8 Å². The van der Waals surface area contributed by atoms with Crippen molar-refractivity contribution in [2.24, 2.45) is 0 Å². The Kier molecular flexibility index (Phi) is 3.81. The van der Waals surface area contributed by atoms with E-state index in [1.165, 1.54) is 0 Å². The summed E-state index contributed by atoms with van der Waals surface area (Å²) in [5.41, 5.74) is 1.04. The lowest BCUT2D eigenvalue weighted by Crippen LogP contribution is -2.12. The highest BCUT2D eigenvalue weighted by Crippen LogP contribution is 2.14. The zero-order valence-corrected chi connectivity index (χ0v) is 9.87. The van der Waals surface area contributed by atoms with Crippen LogP contribution < -0.4 is 5.32 Å². The van der Waals surface area contributed by atoms with Crippen LogP contribution in [0.2, 0.25) is 5.02 Å². The van der Waals surface area contributed by atoms with Gasteiger partial charge < -0.3 is 9.73 Å². The van der Waals surface area contributed by atoms with Crippen molar-refractivity contribution in [3.8, 4) is 6.07 Å². The van der Waals surface area contributed by atoms with Gasteiger partial charge in [0.25, 0.3) is 0 Å². The maximum absolute atomic E-state index is 8.61. The second-order valence-electron chi connectivity index (χ2n) is 3.57. The monoisotopic (exact) mass is 246 g/mol. The van der Waals surface area contributed by atoms with E-state index in [4.69, 9.17) is 21.3 Å². The Morgan fingerprint density at radius 3 is 2.71 bits per heavy atom. The van der Waals surface area contributed by atoms with E-state index in [1.807, 2.05) is 30.3 Å². The molecule has 0 radical (unpaired) electrons. The van der Waals surface area contributed by atoms with Gasteiger partial charge in [-0.3, -0.25) is 0 Å². The zero-order valence-electron chi connectivity index (χ0n) is 9.11. The highest BCUT2D eigenvalue weighted by molar-refractivity contribution is 6.31. The summed E-state index contributed by atoms with van der Waals surface area (Å²) < 4.78 is 5.24. The molecular weight excluding hydrogens is 236 g/mol. The number of halogens is 1. The molecule has 0 aliphatic heterocycles. The van der Waals surface area contributed by atoms with E-state index in [-0.39, 0.29) is 0 Å². The fourth-order valence-electron chi connectivity index (χ4n) is 1.50. The summed E-state index contributed by atoms with van der Waals surface area (Å²) in [4.78, 5) is 0. The van der Waals surface area contributed by atoms with Crippen molar-refractivity contribution in [2.75, 3.05) is 0 Å². The Balaban J connectivity index is 1.88. The third-order valence-corrected chi connectivity index (χ3v) is 2.71. The van der Waals surface area contributed by atoms with Crippen molar-refractivity contribution in [1.29, 1.82) is 5.26 Å². The Morgan fingerprint density at radius 1 is 1.18 bits per heavy atom. The summed E-state index contributed by atoms with van der Waals surface area (Å²) in [5, 5.41) is 12.6. The highest BCUT2D eigenvalue weighted by atomic mass is 35.5. The van der Waals surface area contributed by atoms with E-state index >= 15 is 0 Å². The molecule has 0 aliphatic rings. The number of hydrogen-bond acceptors (Lipinski definition) is 3. The summed E-state index contributed by atoms with van der Waals surface area (Å²) in [6, 6.07) is 13.1. The van der Waals surface area contributed by atoms with Crippen molar-refractivity contribution in [2.45, 2.75) is 13.1 Å². The molecule has 0 aliphatic carbocycles. The molecule has 2 rings (SSSR count). The number of rotatable bonds is 4. The molecule has 0 saturated carbocycles. The van der Waals surface area contributed by atoms with Crippen LogP contribution in [0.5, 0.6) is 0 Å². The van der Waals surface area contributed by atoms with Crippen LogP contribution >= 0.6 is 11.6 Å². The first-order valence-corrected chi connectivity index (χ1v) is 5.60. The molecule has 1 heterocycles. The van der Waals surface area contributed by atoms with Gasteiger partial charge in [0.2, 0.25) is 5.76 Å². The van der Waals surface area contributed by atoms with Crippen molar-refractivity contribution in [3.05, 3.63) is 58.5 Å². The summed E-state index contributed by atoms with van der Waals surface area (Å²) in [5.74, 6) is 1.08. The third kappa shape index (κ3) is 3.10. The van der Waals surface area contributed by atoms with Crippen molar-refractivity contribution in [3.63, 3.8) is 0 Å². The Hall–Kier alpha value is -1.76. The van der Waals surface area contributed by atoms with Crippen LogP contribution in [0.15, 0.2) is 40.8 Å². The molecule has 0 spiro atoms. The fraction of sp³-hybridized carbons (Fsp3) is 0.154. The van der Waals surface area contributed by atoms with E-state index in [1.54, 1.807) is 12.1 Å². The molecule has 0 saturated heterocycles. The molecule has 2 aromatic rings. The van der Waals surface area contributed by atoms with Crippen LogP contribution in [0.4, 0.5) is 0 Å². The quantitative estimate of drug-likeness (QED) is 0.902. The lowest BCUT2D eigenvalue weighted by atomic mass is 10.2. The van der Waals surface area contributed by atoms with E-state index in [0.717, 1.165) is 16.3 Å². The van der Waals surface area contributed by atoms with Crippen LogP contribution in [0.25, 0.3) is 0 Å². The largest absolute Gasteiger partial charge is 0.449 e. The topological polar surface area (TPSA) is 49.0 Å². The molecule has 4 heteroatoms. The molecular formula is C13H11ClN2O. The minimum atomic E-state index is 0.333. The number of nitriles is 1. The van der Waals surface area contributed by atoms with Crippen LogP contribution in [-0.2, 0) is 13.1 Å². The van der Waals surface area contributed by atoms with Crippen LogP contribution in [0, 0.1) is 11.3 Å².